The summed E-state index contributed by atoms with van der Waals surface area (Å²) in [4.78, 5) is 48.8. The maximum atomic E-state index is 13.8. The smallest absolute Gasteiger partial charge is 0.251 e. The lowest BCUT2D eigenvalue weighted by atomic mass is 9.95. The minimum absolute atomic E-state index is 0.0000221. The van der Waals surface area contributed by atoms with Crippen LogP contribution in [0.4, 0.5) is 5.69 Å². The Morgan fingerprint density at radius 3 is 2.51 bits per heavy atom. The molecule has 4 atom stereocenters. The first kappa shape index (κ1) is 25.5. The number of amides is 2. The third-order valence-corrected chi connectivity index (χ3v) is 8.38. The predicted molar refractivity (Wildman–Crippen MR) is 137 cm³/mol. The summed E-state index contributed by atoms with van der Waals surface area (Å²) >= 11 is 0. The second kappa shape index (κ2) is 11.1. The van der Waals surface area contributed by atoms with Crippen LogP contribution in [0.15, 0.2) is 29.4 Å². The number of carbonyl (C=O) groups excluding carboxylic acids is 3. The van der Waals surface area contributed by atoms with Crippen molar-refractivity contribution < 1.29 is 19.1 Å². The largest absolute Gasteiger partial charge is 0.369 e. The van der Waals surface area contributed by atoms with Gasteiger partial charge in [0.15, 0.2) is 5.78 Å². The van der Waals surface area contributed by atoms with Gasteiger partial charge in [-0.1, -0.05) is 24.9 Å². The second-order valence-corrected chi connectivity index (χ2v) is 10.4. The maximum Gasteiger partial charge on any atom is 0.251 e. The van der Waals surface area contributed by atoms with Gasteiger partial charge < -0.3 is 24.8 Å². The van der Waals surface area contributed by atoms with E-state index in [0.29, 0.717) is 5.56 Å². The van der Waals surface area contributed by atoms with E-state index in [1.807, 2.05) is 24.3 Å². The molecule has 2 amide bonds. The first-order valence-electron chi connectivity index (χ1n) is 13.4. The van der Waals surface area contributed by atoms with E-state index in [9.17, 15) is 14.4 Å². The average molecular weight is 510 g/mol. The molecule has 0 radical (unpaired) electrons. The van der Waals surface area contributed by atoms with E-state index in [2.05, 4.69) is 32.1 Å². The first-order valence-corrected chi connectivity index (χ1v) is 13.4. The van der Waals surface area contributed by atoms with Gasteiger partial charge in [-0.3, -0.25) is 14.4 Å². The van der Waals surface area contributed by atoms with Crippen molar-refractivity contribution in [3.8, 4) is 0 Å². The van der Waals surface area contributed by atoms with Crippen LogP contribution in [0.1, 0.15) is 43.0 Å². The quantitative estimate of drug-likeness (QED) is 0.340. The standard InChI is InChI=1S/C26H35N7O4/c1-2-31-11-13-32(14-12-31)19-9-7-18(8-10-19)25(35)28-22(17-5-3-4-6-17)26(36)33-15-20(29-30-27)24-23(33)21(34)16-37-24/h7-10,17,20,22-24H,2-6,11-16H2,1H3,(H,28,35)/t20-,22-,23+,24+/m0/s1. The van der Waals surface area contributed by atoms with Crippen LogP contribution in [0.5, 0.6) is 0 Å². The lowest BCUT2D eigenvalue weighted by molar-refractivity contribution is -0.139. The van der Waals surface area contributed by atoms with Crippen LogP contribution in [0.3, 0.4) is 0 Å². The highest BCUT2D eigenvalue weighted by Gasteiger charge is 2.53. The van der Waals surface area contributed by atoms with Crippen molar-refractivity contribution in [3.63, 3.8) is 0 Å². The summed E-state index contributed by atoms with van der Waals surface area (Å²) < 4.78 is 5.56. The van der Waals surface area contributed by atoms with Crippen LogP contribution in [0.2, 0.25) is 0 Å². The third kappa shape index (κ3) is 5.16. The Balaban J connectivity index is 1.30. The SMILES string of the molecule is CCN1CCN(c2ccc(C(=O)N[C@H](C(=O)N3C[C@H](N=[N+]=[N-])[C@H]4OCC(=O)[C@H]43)C3CCCC3)cc2)CC1. The van der Waals surface area contributed by atoms with Crippen molar-refractivity contribution >= 4 is 23.3 Å². The number of nitrogens with zero attached hydrogens (tertiary/aromatic N) is 6. The molecule has 0 spiro atoms. The van der Waals surface area contributed by atoms with Crippen LogP contribution < -0.4 is 10.2 Å². The van der Waals surface area contributed by atoms with Gasteiger partial charge in [-0.25, -0.2) is 0 Å². The normalized spacial score (nSPS) is 27.2. The lowest BCUT2D eigenvalue weighted by Crippen LogP contribution is -2.54. The van der Waals surface area contributed by atoms with E-state index < -0.39 is 24.2 Å². The van der Waals surface area contributed by atoms with E-state index in [1.54, 1.807) is 0 Å². The van der Waals surface area contributed by atoms with Gasteiger partial charge in [0.1, 0.15) is 18.7 Å². The van der Waals surface area contributed by atoms with Gasteiger partial charge in [-0.2, -0.15) is 0 Å². The Morgan fingerprint density at radius 1 is 1.16 bits per heavy atom. The molecule has 3 heterocycles. The highest BCUT2D eigenvalue weighted by Crippen LogP contribution is 2.34. The molecule has 11 heteroatoms. The van der Waals surface area contributed by atoms with Crippen LogP contribution >= 0.6 is 0 Å². The second-order valence-electron chi connectivity index (χ2n) is 10.4. The number of Topliss-reactive ketones (excluding diaryl/α,β-unsaturated/α-hetero) is 1. The number of anilines is 1. The molecule has 1 aliphatic carbocycles. The fourth-order valence-corrected chi connectivity index (χ4v) is 6.25. The maximum absolute atomic E-state index is 13.8. The average Bonchev–Trinajstić information content (AvgIpc) is 3.67. The molecule has 3 saturated heterocycles. The summed E-state index contributed by atoms with van der Waals surface area (Å²) in [5.41, 5.74) is 10.5. The van der Waals surface area contributed by atoms with E-state index >= 15 is 0 Å². The number of azide groups is 1. The molecule has 11 nitrogen and oxygen atoms in total. The Morgan fingerprint density at radius 2 is 1.86 bits per heavy atom. The van der Waals surface area contributed by atoms with Gasteiger partial charge in [0.2, 0.25) is 5.91 Å². The highest BCUT2D eigenvalue weighted by atomic mass is 16.5. The van der Waals surface area contributed by atoms with Crippen molar-refractivity contribution in [2.24, 2.45) is 11.0 Å². The molecular formula is C26H35N7O4. The fourth-order valence-electron chi connectivity index (χ4n) is 6.25. The molecule has 5 rings (SSSR count). The molecule has 1 aromatic carbocycles. The number of likely N-dealkylation sites (N-methyl/N-ethyl adjacent to an activating group) is 1. The van der Waals surface area contributed by atoms with Gasteiger partial charge in [-0.05, 0) is 55.1 Å². The lowest BCUT2D eigenvalue weighted by Gasteiger charge is -2.35. The number of ketones is 1. The van der Waals surface area contributed by atoms with Crippen LogP contribution in [0, 0.1) is 5.92 Å². The highest BCUT2D eigenvalue weighted by molar-refractivity contribution is 5.99. The van der Waals surface area contributed by atoms with E-state index in [-0.39, 0.29) is 36.7 Å². The van der Waals surface area contributed by atoms with Crippen molar-refractivity contribution in [3.05, 3.63) is 40.3 Å². The monoisotopic (exact) mass is 509 g/mol. The van der Waals surface area contributed by atoms with Crippen molar-refractivity contribution in [2.75, 3.05) is 50.8 Å². The van der Waals surface area contributed by atoms with Crippen LogP contribution in [0.25, 0.3) is 10.4 Å². The van der Waals surface area contributed by atoms with E-state index in [0.717, 1.165) is 64.1 Å². The van der Waals surface area contributed by atoms with Gasteiger partial charge >= 0.3 is 0 Å². The van der Waals surface area contributed by atoms with Crippen LogP contribution in [-0.2, 0) is 14.3 Å². The Labute approximate surface area is 216 Å². The Kier molecular flexibility index (Phi) is 7.64. The number of hydrogen-bond donors (Lipinski definition) is 1. The number of ether oxygens (including phenoxy) is 1. The predicted octanol–water partition coefficient (Wildman–Crippen LogP) is 1.97. The number of nitrogens with one attached hydrogen (secondary N) is 1. The number of fused-ring (bicyclic) bond motifs is 1. The number of piperazine rings is 1. The molecule has 4 fully saturated rings. The molecule has 37 heavy (non-hydrogen) atoms. The van der Waals surface area contributed by atoms with Gasteiger partial charge in [0, 0.05) is 48.9 Å². The first-order chi connectivity index (χ1) is 18.0. The molecular weight excluding hydrogens is 474 g/mol. The molecule has 0 bridgehead atoms. The van der Waals surface area contributed by atoms with Crippen LogP contribution in [-0.4, -0.2) is 97.5 Å². The number of likely N-dealkylation sites (tertiary alicyclic amines) is 1. The number of hydrogen-bond acceptors (Lipinski definition) is 7. The zero-order valence-electron chi connectivity index (χ0n) is 21.3. The third-order valence-electron chi connectivity index (χ3n) is 8.38. The summed E-state index contributed by atoms with van der Waals surface area (Å²) in [6, 6.07) is 5.43. The molecule has 198 valence electrons. The van der Waals surface area contributed by atoms with Gasteiger partial charge in [-0.15, -0.1) is 0 Å². The number of rotatable bonds is 7. The fraction of sp³-hybridized carbons (Fsp3) is 0.654. The Bertz CT molecular complexity index is 1060. The molecule has 0 aromatic heterocycles. The van der Waals surface area contributed by atoms with Gasteiger partial charge in [0.25, 0.3) is 5.91 Å². The molecule has 4 aliphatic rings. The van der Waals surface area contributed by atoms with Crippen molar-refractivity contribution in [1.82, 2.24) is 15.1 Å². The van der Waals surface area contributed by atoms with E-state index in [1.165, 1.54) is 4.90 Å². The minimum Gasteiger partial charge on any atom is -0.369 e. The summed E-state index contributed by atoms with van der Waals surface area (Å²) in [5.74, 6) is -0.792. The summed E-state index contributed by atoms with van der Waals surface area (Å²) in [6.07, 6.45) is 3.05. The zero-order chi connectivity index (χ0) is 25.9. The molecule has 1 N–H and O–H groups in total. The minimum atomic E-state index is -0.767. The van der Waals surface area contributed by atoms with Crippen molar-refractivity contribution in [1.29, 1.82) is 0 Å². The molecule has 1 saturated carbocycles. The number of benzene rings is 1. The van der Waals surface area contributed by atoms with Gasteiger partial charge in [0.05, 0.1) is 12.1 Å². The summed E-state index contributed by atoms with van der Waals surface area (Å²) in [6.45, 7) is 7.20. The Hall–Kier alpha value is -3.14. The van der Waals surface area contributed by atoms with Crippen molar-refractivity contribution in [2.45, 2.75) is 56.8 Å². The summed E-state index contributed by atoms with van der Waals surface area (Å²) in [7, 11) is 0. The zero-order valence-corrected chi connectivity index (χ0v) is 21.3. The molecule has 1 aromatic rings. The molecule has 0 unspecified atom stereocenters. The number of carbonyl (C=O) groups is 3. The molecule has 3 aliphatic heterocycles. The topological polar surface area (TPSA) is 131 Å². The van der Waals surface area contributed by atoms with E-state index in [4.69, 9.17) is 10.3 Å². The summed E-state index contributed by atoms with van der Waals surface area (Å²) in [5, 5.41) is 6.77.